The first-order valence-corrected chi connectivity index (χ1v) is 6.14. The summed E-state index contributed by atoms with van der Waals surface area (Å²) in [6, 6.07) is 6.36. The maximum Gasteiger partial charge on any atom is 0.264 e. The minimum Gasteiger partial charge on any atom is -0.506 e. The van der Waals surface area contributed by atoms with Gasteiger partial charge < -0.3 is 5.11 Å². The van der Waals surface area contributed by atoms with Gasteiger partial charge in [0, 0.05) is 5.56 Å². The van der Waals surface area contributed by atoms with Crippen molar-refractivity contribution in [1.29, 1.82) is 0 Å². The molecule has 5 heteroatoms. The fourth-order valence-electron chi connectivity index (χ4n) is 1.58. The van der Waals surface area contributed by atoms with E-state index in [4.69, 9.17) is 0 Å². The van der Waals surface area contributed by atoms with Crippen molar-refractivity contribution in [3.8, 4) is 0 Å². The minimum absolute atomic E-state index is 0.0488. The maximum atomic E-state index is 12.1. The fraction of sp³-hybridized carbons (Fsp3) is 0.0909. The van der Waals surface area contributed by atoms with Crippen molar-refractivity contribution < 1.29 is 13.5 Å². The number of aliphatic hydroxyl groups excluding tert-OH is 1. The Bertz CT molecular complexity index is 560. The molecule has 0 aromatic heterocycles. The van der Waals surface area contributed by atoms with Gasteiger partial charge in [-0.25, -0.2) is 8.42 Å². The van der Waals surface area contributed by atoms with Crippen LogP contribution in [0.25, 0.3) is 5.76 Å². The van der Waals surface area contributed by atoms with E-state index in [1.807, 2.05) is 0 Å². The van der Waals surface area contributed by atoms with E-state index in [-0.39, 0.29) is 17.2 Å². The molecule has 2 rings (SSSR count). The molecule has 0 saturated carbocycles. The molecule has 1 aromatic rings. The second-order valence-electron chi connectivity index (χ2n) is 3.37. The van der Waals surface area contributed by atoms with Gasteiger partial charge in [-0.15, -0.1) is 6.58 Å². The van der Waals surface area contributed by atoms with Gasteiger partial charge in [0.1, 0.15) is 5.76 Å². The highest BCUT2D eigenvalue weighted by Gasteiger charge is 2.29. The Morgan fingerprint density at radius 3 is 2.75 bits per heavy atom. The molecule has 84 valence electrons. The summed E-state index contributed by atoms with van der Waals surface area (Å²) in [6.07, 6.45) is 2.68. The lowest BCUT2D eigenvalue weighted by atomic mass is 10.2. The normalized spacial score (nSPS) is 17.5. The third kappa shape index (κ3) is 1.49. The summed E-state index contributed by atoms with van der Waals surface area (Å²) in [4.78, 5) is 0.122. The molecule has 0 saturated heterocycles. The summed E-state index contributed by atoms with van der Waals surface area (Å²) in [5.74, 6) is -0.0488. The number of aliphatic hydroxyl groups is 1. The molecule has 16 heavy (non-hydrogen) atoms. The third-order valence-corrected chi connectivity index (χ3v) is 4.11. The fourth-order valence-corrected chi connectivity index (χ4v) is 3.08. The van der Waals surface area contributed by atoms with Crippen LogP contribution in [0.1, 0.15) is 5.56 Å². The van der Waals surface area contributed by atoms with Gasteiger partial charge in [0.2, 0.25) is 0 Å². The molecule has 0 atom stereocenters. The molecule has 0 aliphatic carbocycles. The smallest absolute Gasteiger partial charge is 0.264 e. The second kappa shape index (κ2) is 3.68. The van der Waals surface area contributed by atoms with Gasteiger partial charge >= 0.3 is 0 Å². The second-order valence-corrected chi connectivity index (χ2v) is 5.23. The van der Waals surface area contributed by atoms with E-state index in [0.717, 1.165) is 4.31 Å². The first kappa shape index (κ1) is 10.8. The van der Waals surface area contributed by atoms with Gasteiger partial charge in [-0.05, 0) is 12.1 Å². The van der Waals surface area contributed by atoms with Gasteiger partial charge in [0.05, 0.1) is 17.6 Å². The predicted octanol–water partition coefficient (Wildman–Crippen LogP) is 1.73. The number of benzene rings is 1. The largest absolute Gasteiger partial charge is 0.506 e. The first-order valence-electron chi connectivity index (χ1n) is 4.70. The van der Waals surface area contributed by atoms with Crippen molar-refractivity contribution in [3.63, 3.8) is 0 Å². The molecule has 1 aliphatic rings. The lowest BCUT2D eigenvalue weighted by molar-refractivity contribution is 0.470. The quantitative estimate of drug-likeness (QED) is 0.797. The van der Waals surface area contributed by atoms with Gasteiger partial charge in [0.25, 0.3) is 10.0 Å². The molecule has 0 amide bonds. The Hall–Kier alpha value is -1.75. The summed E-state index contributed by atoms with van der Waals surface area (Å²) in [5.41, 5.74) is 0.336. The first-order chi connectivity index (χ1) is 7.57. The molecule has 1 aromatic carbocycles. The number of hydrogen-bond acceptors (Lipinski definition) is 3. The highest BCUT2D eigenvalue weighted by Crippen LogP contribution is 2.30. The van der Waals surface area contributed by atoms with Crippen LogP contribution in [-0.2, 0) is 10.0 Å². The zero-order valence-electron chi connectivity index (χ0n) is 8.50. The molecule has 0 fully saturated rings. The van der Waals surface area contributed by atoms with Gasteiger partial charge in [0.15, 0.2) is 0 Å². The van der Waals surface area contributed by atoms with Crippen LogP contribution in [-0.4, -0.2) is 24.4 Å². The van der Waals surface area contributed by atoms with E-state index in [9.17, 15) is 13.5 Å². The Kier molecular flexibility index (Phi) is 2.47. The summed E-state index contributed by atoms with van der Waals surface area (Å²) in [6.45, 7) is 3.62. The van der Waals surface area contributed by atoms with Crippen molar-refractivity contribution in [2.75, 3.05) is 6.54 Å². The van der Waals surface area contributed by atoms with Crippen molar-refractivity contribution in [3.05, 3.63) is 48.7 Å². The Morgan fingerprint density at radius 1 is 1.38 bits per heavy atom. The lowest BCUT2D eigenvalue weighted by Crippen LogP contribution is -2.30. The number of hydrogen-bond donors (Lipinski definition) is 1. The number of fused-ring (bicyclic) bond motifs is 1. The minimum atomic E-state index is -3.55. The zero-order valence-corrected chi connectivity index (χ0v) is 9.31. The van der Waals surface area contributed by atoms with Crippen LogP contribution in [0, 0.1) is 0 Å². The van der Waals surface area contributed by atoms with Gasteiger partial charge in [-0.1, -0.05) is 18.2 Å². The summed E-state index contributed by atoms with van der Waals surface area (Å²) >= 11 is 0. The maximum absolute atomic E-state index is 12.1. The Balaban J connectivity index is 2.65. The molecule has 0 radical (unpaired) electrons. The monoisotopic (exact) mass is 237 g/mol. The van der Waals surface area contributed by atoms with Crippen LogP contribution in [0.3, 0.4) is 0 Å². The summed E-state index contributed by atoms with van der Waals surface area (Å²) in [7, 11) is -3.55. The van der Waals surface area contributed by atoms with Gasteiger partial charge in [-0.2, -0.15) is 0 Å². The Labute approximate surface area is 94.2 Å². The molecule has 1 heterocycles. The number of nitrogens with zero attached hydrogens (tertiary/aromatic N) is 1. The highest BCUT2D eigenvalue weighted by atomic mass is 32.2. The molecule has 0 spiro atoms. The van der Waals surface area contributed by atoms with Crippen molar-refractivity contribution in [2.45, 2.75) is 4.90 Å². The highest BCUT2D eigenvalue weighted by molar-refractivity contribution is 7.89. The van der Waals surface area contributed by atoms with Crippen LogP contribution >= 0.6 is 0 Å². The van der Waals surface area contributed by atoms with E-state index in [2.05, 4.69) is 6.58 Å². The summed E-state index contributed by atoms with van der Waals surface area (Å²) < 4.78 is 25.2. The van der Waals surface area contributed by atoms with E-state index in [1.54, 1.807) is 18.2 Å². The molecule has 0 unspecified atom stereocenters. The van der Waals surface area contributed by atoms with Crippen LogP contribution < -0.4 is 0 Å². The Morgan fingerprint density at radius 2 is 2.06 bits per heavy atom. The zero-order chi connectivity index (χ0) is 11.8. The van der Waals surface area contributed by atoms with E-state index in [0.29, 0.717) is 5.56 Å². The molecule has 4 nitrogen and oxygen atoms in total. The molecular formula is C11H11NO3S. The SMILES string of the molecule is C=CCN1C=C(O)c2ccccc2S1(=O)=O. The van der Waals surface area contributed by atoms with Crippen molar-refractivity contribution >= 4 is 15.8 Å². The number of rotatable bonds is 2. The molecule has 1 N–H and O–H groups in total. The average Bonchev–Trinajstić information content (AvgIpc) is 2.27. The van der Waals surface area contributed by atoms with E-state index in [1.165, 1.54) is 18.3 Å². The van der Waals surface area contributed by atoms with E-state index < -0.39 is 10.0 Å². The molecular weight excluding hydrogens is 226 g/mol. The molecule has 0 bridgehead atoms. The average molecular weight is 237 g/mol. The third-order valence-electron chi connectivity index (χ3n) is 2.32. The summed E-state index contributed by atoms with van der Waals surface area (Å²) in [5, 5.41) is 9.71. The standard InChI is InChI=1S/C11H11NO3S/c1-2-7-12-8-10(13)9-5-3-4-6-11(9)16(12,14)15/h2-6,8,13H,1,7H2. The van der Waals surface area contributed by atoms with Gasteiger partial charge in [-0.3, -0.25) is 4.31 Å². The topological polar surface area (TPSA) is 57.6 Å². The van der Waals surface area contributed by atoms with Crippen LogP contribution in [0.4, 0.5) is 0 Å². The van der Waals surface area contributed by atoms with Crippen LogP contribution in [0.15, 0.2) is 48.0 Å². The van der Waals surface area contributed by atoms with Crippen molar-refractivity contribution in [2.24, 2.45) is 0 Å². The lowest BCUT2D eigenvalue weighted by Gasteiger charge is -2.25. The van der Waals surface area contributed by atoms with Crippen LogP contribution in [0.2, 0.25) is 0 Å². The molecule has 1 aliphatic heterocycles. The van der Waals surface area contributed by atoms with E-state index >= 15 is 0 Å². The predicted molar refractivity (Wildman–Crippen MR) is 61.1 cm³/mol. The van der Waals surface area contributed by atoms with Crippen LogP contribution in [0.5, 0.6) is 0 Å². The number of sulfonamides is 1. The van der Waals surface area contributed by atoms with Crippen molar-refractivity contribution in [1.82, 2.24) is 4.31 Å².